The van der Waals surface area contributed by atoms with Crippen molar-refractivity contribution < 1.29 is 14.3 Å². The first-order valence-electron chi connectivity index (χ1n) is 6.06. The van der Waals surface area contributed by atoms with Gasteiger partial charge >= 0.3 is 5.97 Å². The van der Waals surface area contributed by atoms with Crippen LogP contribution >= 0.6 is 0 Å². The molecule has 0 spiro atoms. The molecule has 0 saturated carbocycles. The summed E-state index contributed by atoms with van der Waals surface area (Å²) in [6.07, 6.45) is 5.29. The van der Waals surface area contributed by atoms with Crippen molar-refractivity contribution in [3.63, 3.8) is 0 Å². The Labute approximate surface area is 97.8 Å². The molecule has 0 amide bonds. The second-order valence-electron chi connectivity index (χ2n) is 4.60. The number of carbonyl (C=O) groups excluding carboxylic acids is 1. The highest BCUT2D eigenvalue weighted by molar-refractivity contribution is 5.86. The second kappa shape index (κ2) is 6.04. The molecular formula is C13H22O3. The fraction of sp³-hybridized carbons (Fsp3) is 0.769. The van der Waals surface area contributed by atoms with Gasteiger partial charge in [-0.25, -0.2) is 4.79 Å². The second-order valence-corrected chi connectivity index (χ2v) is 4.60. The average Bonchev–Trinajstić information content (AvgIpc) is 2.72. The molecule has 1 fully saturated rings. The monoisotopic (exact) mass is 226 g/mol. The highest BCUT2D eigenvalue weighted by Gasteiger charge is 2.35. The van der Waals surface area contributed by atoms with Crippen molar-refractivity contribution in [2.75, 3.05) is 13.2 Å². The molecule has 0 bridgehead atoms. The fourth-order valence-electron chi connectivity index (χ4n) is 1.96. The molecule has 1 aliphatic rings. The lowest BCUT2D eigenvalue weighted by atomic mass is 9.94. The Hall–Kier alpha value is -0.830. The summed E-state index contributed by atoms with van der Waals surface area (Å²) in [4.78, 5) is 11.3. The summed E-state index contributed by atoms with van der Waals surface area (Å²) in [6, 6.07) is 0. The van der Waals surface area contributed by atoms with Crippen molar-refractivity contribution in [1.29, 1.82) is 0 Å². The lowest BCUT2D eigenvalue weighted by Gasteiger charge is -2.27. The molecular weight excluding hydrogens is 204 g/mol. The quantitative estimate of drug-likeness (QED) is 0.516. The van der Waals surface area contributed by atoms with E-state index in [0.717, 1.165) is 38.7 Å². The molecule has 1 aliphatic heterocycles. The minimum absolute atomic E-state index is 0.221. The minimum atomic E-state index is -0.314. The summed E-state index contributed by atoms with van der Waals surface area (Å²) in [6.45, 7) is 8.55. The van der Waals surface area contributed by atoms with Gasteiger partial charge in [-0.2, -0.15) is 0 Å². The van der Waals surface area contributed by atoms with Gasteiger partial charge in [0.15, 0.2) is 0 Å². The highest BCUT2D eigenvalue weighted by atomic mass is 16.6. The third kappa shape index (κ3) is 3.63. The molecule has 0 aromatic rings. The topological polar surface area (TPSA) is 35.5 Å². The zero-order valence-electron chi connectivity index (χ0n) is 10.4. The first kappa shape index (κ1) is 13.2. The SMILES string of the molecule is C=C(C)C(=O)OCC1(CCCC)CCCO1. The van der Waals surface area contributed by atoms with Gasteiger partial charge in [0.05, 0.1) is 0 Å². The van der Waals surface area contributed by atoms with E-state index in [0.29, 0.717) is 12.2 Å². The summed E-state index contributed by atoms with van der Waals surface area (Å²) >= 11 is 0. The van der Waals surface area contributed by atoms with Gasteiger partial charge < -0.3 is 9.47 Å². The predicted octanol–water partition coefficient (Wildman–Crippen LogP) is 2.85. The summed E-state index contributed by atoms with van der Waals surface area (Å²) in [5.74, 6) is -0.314. The summed E-state index contributed by atoms with van der Waals surface area (Å²) in [5.41, 5.74) is 0.227. The van der Waals surface area contributed by atoms with Crippen molar-refractivity contribution in [2.24, 2.45) is 0 Å². The molecule has 1 saturated heterocycles. The van der Waals surface area contributed by atoms with Crippen LogP contribution in [0.25, 0.3) is 0 Å². The first-order chi connectivity index (χ1) is 7.59. The van der Waals surface area contributed by atoms with E-state index in [1.54, 1.807) is 6.92 Å². The van der Waals surface area contributed by atoms with Crippen LogP contribution in [-0.2, 0) is 14.3 Å². The van der Waals surface area contributed by atoms with Gasteiger partial charge in [-0.15, -0.1) is 0 Å². The molecule has 0 radical (unpaired) electrons. The molecule has 3 nitrogen and oxygen atoms in total. The van der Waals surface area contributed by atoms with Crippen LogP contribution in [0.3, 0.4) is 0 Å². The number of hydrogen-bond donors (Lipinski definition) is 0. The van der Waals surface area contributed by atoms with Gasteiger partial charge in [0.1, 0.15) is 12.2 Å². The molecule has 16 heavy (non-hydrogen) atoms. The summed E-state index contributed by atoms with van der Waals surface area (Å²) < 4.78 is 11.0. The molecule has 0 aromatic carbocycles. The van der Waals surface area contributed by atoms with Gasteiger partial charge in [0.25, 0.3) is 0 Å². The number of unbranched alkanes of at least 4 members (excludes halogenated alkanes) is 1. The lowest BCUT2D eigenvalue weighted by Crippen LogP contribution is -2.35. The Balaban J connectivity index is 2.44. The maximum absolute atomic E-state index is 11.3. The molecule has 1 rings (SSSR count). The van der Waals surface area contributed by atoms with Crippen LogP contribution in [0.5, 0.6) is 0 Å². The third-order valence-corrected chi connectivity index (χ3v) is 2.99. The molecule has 3 heteroatoms. The Kier molecular flexibility index (Phi) is 5.00. The molecule has 0 aliphatic carbocycles. The fourth-order valence-corrected chi connectivity index (χ4v) is 1.96. The Morgan fingerprint density at radius 2 is 2.31 bits per heavy atom. The Morgan fingerprint density at radius 1 is 1.56 bits per heavy atom. The van der Waals surface area contributed by atoms with Gasteiger partial charge in [-0.1, -0.05) is 26.3 Å². The zero-order chi connectivity index (χ0) is 12.0. The van der Waals surface area contributed by atoms with E-state index in [-0.39, 0.29) is 11.6 Å². The van der Waals surface area contributed by atoms with Crippen LogP contribution in [0.2, 0.25) is 0 Å². The van der Waals surface area contributed by atoms with E-state index in [2.05, 4.69) is 13.5 Å². The van der Waals surface area contributed by atoms with Crippen LogP contribution in [0.1, 0.15) is 46.0 Å². The van der Waals surface area contributed by atoms with Crippen LogP contribution in [0.4, 0.5) is 0 Å². The maximum atomic E-state index is 11.3. The van der Waals surface area contributed by atoms with E-state index >= 15 is 0 Å². The average molecular weight is 226 g/mol. The van der Waals surface area contributed by atoms with Gasteiger partial charge in [-0.3, -0.25) is 0 Å². The van der Waals surface area contributed by atoms with E-state index in [1.807, 2.05) is 0 Å². The molecule has 1 unspecified atom stereocenters. The maximum Gasteiger partial charge on any atom is 0.333 e. The van der Waals surface area contributed by atoms with Gasteiger partial charge in [0.2, 0.25) is 0 Å². The molecule has 92 valence electrons. The highest BCUT2D eigenvalue weighted by Crippen LogP contribution is 2.31. The van der Waals surface area contributed by atoms with E-state index < -0.39 is 0 Å². The van der Waals surface area contributed by atoms with Crippen LogP contribution in [0.15, 0.2) is 12.2 Å². The minimum Gasteiger partial charge on any atom is -0.459 e. The Bertz CT molecular complexity index is 252. The van der Waals surface area contributed by atoms with Crippen molar-refractivity contribution in [3.8, 4) is 0 Å². The Morgan fingerprint density at radius 3 is 2.81 bits per heavy atom. The molecule has 1 heterocycles. The predicted molar refractivity (Wildman–Crippen MR) is 63.2 cm³/mol. The summed E-state index contributed by atoms with van der Waals surface area (Å²) in [5, 5.41) is 0. The smallest absolute Gasteiger partial charge is 0.333 e. The van der Waals surface area contributed by atoms with Crippen molar-refractivity contribution in [3.05, 3.63) is 12.2 Å². The lowest BCUT2D eigenvalue weighted by molar-refractivity contribution is -0.148. The number of hydrogen-bond acceptors (Lipinski definition) is 3. The molecule has 0 aromatic heterocycles. The number of carbonyl (C=O) groups is 1. The number of esters is 1. The van der Waals surface area contributed by atoms with Crippen molar-refractivity contribution in [1.82, 2.24) is 0 Å². The van der Waals surface area contributed by atoms with Crippen molar-refractivity contribution >= 4 is 5.97 Å². The van der Waals surface area contributed by atoms with E-state index in [1.165, 1.54) is 0 Å². The number of rotatable bonds is 6. The standard InChI is InChI=1S/C13H22O3/c1-4-5-7-13(8-6-9-16-13)10-15-12(14)11(2)3/h2,4-10H2,1,3H3. The zero-order valence-corrected chi connectivity index (χ0v) is 10.4. The summed E-state index contributed by atoms with van der Waals surface area (Å²) in [7, 11) is 0. The van der Waals surface area contributed by atoms with Crippen LogP contribution in [0, 0.1) is 0 Å². The van der Waals surface area contributed by atoms with Crippen molar-refractivity contribution in [2.45, 2.75) is 51.6 Å². The number of ether oxygens (including phenoxy) is 2. The van der Waals surface area contributed by atoms with Gasteiger partial charge in [-0.05, 0) is 26.2 Å². The van der Waals surface area contributed by atoms with Crippen LogP contribution in [-0.4, -0.2) is 24.8 Å². The van der Waals surface area contributed by atoms with Gasteiger partial charge in [0, 0.05) is 12.2 Å². The van der Waals surface area contributed by atoms with E-state index in [4.69, 9.17) is 9.47 Å². The largest absolute Gasteiger partial charge is 0.459 e. The van der Waals surface area contributed by atoms with Crippen LogP contribution < -0.4 is 0 Å². The third-order valence-electron chi connectivity index (χ3n) is 2.99. The first-order valence-corrected chi connectivity index (χ1v) is 6.06. The normalized spacial score (nSPS) is 24.4. The van der Waals surface area contributed by atoms with E-state index in [9.17, 15) is 4.79 Å². The molecule has 0 N–H and O–H groups in total. The molecule has 1 atom stereocenters.